The van der Waals surface area contributed by atoms with Gasteiger partial charge in [0.15, 0.2) is 0 Å². The molecule has 2 N–H and O–H groups in total. The number of anilines is 1. The number of nitrogens with zero attached hydrogens (tertiary/aromatic N) is 4. The standard InChI is InChI=1S/C30H34N6O4S/c37-27(32-24-9-15-31-16-10-24)21-35-17-11-25-22(7-4-8-26(25)35)12-20-41(39,40)36-18-13-30(14-19-36)29(38)33-28(34-30)23-5-2-1-3-6-23/h4,7-12,15-17,20,23H,1-3,5-6,13-14,18-19,21H2,(H,31,32,37)(H,33,34,38). The number of carbonyl (C=O) groups excluding carboxylic acids is 2. The van der Waals surface area contributed by atoms with E-state index in [9.17, 15) is 18.0 Å². The third-order valence-corrected chi connectivity index (χ3v) is 10.0. The van der Waals surface area contributed by atoms with Crippen molar-refractivity contribution >= 4 is 50.3 Å². The second-order valence-corrected chi connectivity index (χ2v) is 12.9. The number of pyridine rings is 1. The molecule has 0 unspecified atom stereocenters. The highest BCUT2D eigenvalue weighted by molar-refractivity contribution is 7.92. The van der Waals surface area contributed by atoms with Crippen LogP contribution in [0.15, 0.2) is 65.4 Å². The molecule has 0 atom stereocenters. The first-order valence-electron chi connectivity index (χ1n) is 14.2. The van der Waals surface area contributed by atoms with Gasteiger partial charge in [-0.1, -0.05) is 31.4 Å². The summed E-state index contributed by atoms with van der Waals surface area (Å²) in [6.07, 6.45) is 13.1. The third-order valence-electron chi connectivity index (χ3n) is 8.45. The number of hydrogen-bond donors (Lipinski definition) is 2. The number of benzene rings is 1. The lowest BCUT2D eigenvalue weighted by Gasteiger charge is -2.34. The largest absolute Gasteiger partial charge is 0.338 e. The van der Waals surface area contributed by atoms with Crippen LogP contribution in [0, 0.1) is 5.92 Å². The monoisotopic (exact) mass is 574 g/mol. The Kier molecular flexibility index (Phi) is 7.48. The molecular formula is C30H34N6O4S. The number of amides is 2. The van der Waals surface area contributed by atoms with E-state index in [1.807, 2.05) is 35.0 Å². The summed E-state index contributed by atoms with van der Waals surface area (Å²) in [4.78, 5) is 34.3. The maximum Gasteiger partial charge on any atom is 0.253 e. The molecule has 0 bridgehead atoms. The number of rotatable bonds is 7. The van der Waals surface area contributed by atoms with Crippen LogP contribution in [0.2, 0.25) is 0 Å². The van der Waals surface area contributed by atoms with Crippen LogP contribution in [0.4, 0.5) is 5.69 Å². The van der Waals surface area contributed by atoms with Gasteiger partial charge in [0, 0.05) is 59.6 Å². The molecule has 214 valence electrons. The third kappa shape index (κ3) is 5.69. The minimum absolute atomic E-state index is 0.0867. The van der Waals surface area contributed by atoms with Crippen molar-refractivity contribution in [2.75, 3.05) is 18.4 Å². The summed E-state index contributed by atoms with van der Waals surface area (Å²) < 4.78 is 29.8. The quantitative estimate of drug-likeness (QED) is 0.443. The molecule has 10 nitrogen and oxygen atoms in total. The van der Waals surface area contributed by atoms with Crippen LogP contribution in [0.1, 0.15) is 50.5 Å². The van der Waals surface area contributed by atoms with E-state index >= 15 is 0 Å². The molecule has 11 heteroatoms. The molecule has 2 amide bonds. The van der Waals surface area contributed by atoms with Gasteiger partial charge in [-0.3, -0.25) is 19.6 Å². The van der Waals surface area contributed by atoms with Gasteiger partial charge >= 0.3 is 0 Å². The van der Waals surface area contributed by atoms with E-state index in [0.717, 1.165) is 48.0 Å². The van der Waals surface area contributed by atoms with E-state index in [4.69, 9.17) is 4.99 Å². The van der Waals surface area contributed by atoms with Crippen molar-refractivity contribution in [2.24, 2.45) is 10.9 Å². The molecule has 2 aliphatic heterocycles. The minimum Gasteiger partial charge on any atom is -0.338 e. The summed E-state index contributed by atoms with van der Waals surface area (Å²) in [7, 11) is -3.70. The van der Waals surface area contributed by atoms with Gasteiger partial charge in [0.25, 0.3) is 5.91 Å². The molecule has 4 heterocycles. The van der Waals surface area contributed by atoms with E-state index < -0.39 is 15.6 Å². The van der Waals surface area contributed by atoms with Crippen LogP contribution >= 0.6 is 0 Å². The molecule has 1 saturated heterocycles. The molecular weight excluding hydrogens is 540 g/mol. The van der Waals surface area contributed by atoms with Gasteiger partial charge in [-0.05, 0) is 61.6 Å². The number of piperidine rings is 1. The number of nitrogens with one attached hydrogen (secondary N) is 2. The van der Waals surface area contributed by atoms with Crippen LogP contribution in [0.25, 0.3) is 17.0 Å². The second kappa shape index (κ2) is 11.2. The fraction of sp³-hybridized carbons (Fsp3) is 0.400. The Balaban J connectivity index is 1.12. The number of aliphatic imine (C=N–C) groups is 1. The minimum atomic E-state index is -3.70. The normalized spacial score (nSPS) is 20.0. The molecule has 41 heavy (non-hydrogen) atoms. The second-order valence-electron chi connectivity index (χ2n) is 11.1. The Hall–Kier alpha value is -3.83. The van der Waals surface area contributed by atoms with Gasteiger partial charge in [0.2, 0.25) is 15.9 Å². The molecule has 6 rings (SSSR count). The summed E-state index contributed by atoms with van der Waals surface area (Å²) in [5.74, 6) is 0.855. The summed E-state index contributed by atoms with van der Waals surface area (Å²) in [5, 5.41) is 7.96. The van der Waals surface area contributed by atoms with Crippen LogP contribution in [-0.4, -0.2) is 58.6 Å². The first kappa shape index (κ1) is 27.3. The van der Waals surface area contributed by atoms with E-state index in [1.54, 1.807) is 30.6 Å². The predicted octanol–water partition coefficient (Wildman–Crippen LogP) is 3.92. The van der Waals surface area contributed by atoms with Crippen LogP contribution < -0.4 is 10.6 Å². The molecule has 2 aromatic heterocycles. The zero-order valence-electron chi connectivity index (χ0n) is 22.8. The Bertz CT molecular complexity index is 1610. The Labute approximate surface area is 239 Å². The zero-order valence-corrected chi connectivity index (χ0v) is 23.6. The SMILES string of the molecule is O=C(Cn1ccc2c(C=CS(=O)(=O)N3CCC4(CC3)N=C(C3CCCCC3)NC4=O)cccc21)Nc1ccncc1. The van der Waals surface area contributed by atoms with E-state index in [0.29, 0.717) is 24.4 Å². The zero-order chi connectivity index (χ0) is 28.5. The topological polar surface area (TPSA) is 126 Å². The lowest BCUT2D eigenvalue weighted by Crippen LogP contribution is -2.50. The number of carbonyl (C=O) groups is 2. The fourth-order valence-electron chi connectivity index (χ4n) is 6.13. The smallest absolute Gasteiger partial charge is 0.253 e. The van der Waals surface area contributed by atoms with Gasteiger partial charge in [-0.15, -0.1) is 0 Å². The van der Waals surface area contributed by atoms with Crippen molar-refractivity contribution in [1.82, 2.24) is 19.2 Å². The van der Waals surface area contributed by atoms with Crippen molar-refractivity contribution in [3.8, 4) is 0 Å². The van der Waals surface area contributed by atoms with Gasteiger partial charge in [0.05, 0.1) is 0 Å². The number of hydrogen-bond acceptors (Lipinski definition) is 6. The molecule has 1 aliphatic carbocycles. The van der Waals surface area contributed by atoms with Gasteiger partial charge in [-0.25, -0.2) is 8.42 Å². The predicted molar refractivity (Wildman–Crippen MR) is 158 cm³/mol. The maximum atomic E-state index is 13.3. The molecule has 0 radical (unpaired) electrons. The Morgan fingerprint density at radius 3 is 2.59 bits per heavy atom. The number of sulfonamides is 1. The summed E-state index contributed by atoms with van der Waals surface area (Å²) >= 11 is 0. The molecule has 2 fully saturated rings. The van der Waals surface area contributed by atoms with Gasteiger partial charge in [-0.2, -0.15) is 4.31 Å². The molecule has 1 aromatic carbocycles. The average molecular weight is 575 g/mol. The molecule has 3 aliphatic rings. The van der Waals surface area contributed by atoms with E-state index in [-0.39, 0.29) is 31.4 Å². The summed E-state index contributed by atoms with van der Waals surface area (Å²) in [6.45, 7) is 0.606. The highest BCUT2D eigenvalue weighted by atomic mass is 32.2. The number of fused-ring (bicyclic) bond motifs is 1. The van der Waals surface area contributed by atoms with Crippen molar-refractivity contribution in [3.05, 3.63) is 66.0 Å². The first-order chi connectivity index (χ1) is 19.8. The number of amidine groups is 1. The Morgan fingerprint density at radius 1 is 1.07 bits per heavy atom. The van der Waals surface area contributed by atoms with E-state index in [2.05, 4.69) is 15.6 Å². The highest BCUT2D eigenvalue weighted by Gasteiger charge is 2.48. The van der Waals surface area contributed by atoms with Crippen molar-refractivity contribution in [2.45, 2.75) is 57.0 Å². The van der Waals surface area contributed by atoms with Gasteiger partial charge in [0.1, 0.15) is 17.9 Å². The maximum absolute atomic E-state index is 13.3. The molecule has 1 saturated carbocycles. The van der Waals surface area contributed by atoms with E-state index in [1.165, 1.54) is 16.1 Å². The van der Waals surface area contributed by atoms with Crippen molar-refractivity contribution in [3.63, 3.8) is 0 Å². The van der Waals surface area contributed by atoms with Crippen LogP contribution in [-0.2, 0) is 26.2 Å². The molecule has 1 spiro atoms. The summed E-state index contributed by atoms with van der Waals surface area (Å²) in [5.41, 5.74) is 1.39. The van der Waals surface area contributed by atoms with Crippen LogP contribution in [0.5, 0.6) is 0 Å². The average Bonchev–Trinajstić information content (AvgIpc) is 3.54. The van der Waals surface area contributed by atoms with Crippen LogP contribution in [0.3, 0.4) is 0 Å². The first-order valence-corrected chi connectivity index (χ1v) is 15.7. The van der Waals surface area contributed by atoms with Crippen molar-refractivity contribution in [1.29, 1.82) is 0 Å². The lowest BCUT2D eigenvalue weighted by molar-refractivity contribution is -0.125. The number of aromatic nitrogens is 2. The van der Waals surface area contributed by atoms with Gasteiger partial charge < -0.3 is 15.2 Å². The lowest BCUT2D eigenvalue weighted by atomic mass is 9.88. The van der Waals surface area contributed by atoms with Crippen molar-refractivity contribution < 1.29 is 18.0 Å². The Morgan fingerprint density at radius 2 is 1.83 bits per heavy atom. The highest BCUT2D eigenvalue weighted by Crippen LogP contribution is 2.35. The summed E-state index contributed by atoms with van der Waals surface area (Å²) in [6, 6.07) is 10.9. The fourth-order valence-corrected chi connectivity index (χ4v) is 7.31. The molecule has 3 aromatic rings.